The molecule has 0 bridgehead atoms. The Morgan fingerprint density at radius 1 is 1.25 bits per heavy atom. The number of pyridine rings is 1. The van der Waals surface area contributed by atoms with E-state index in [0.29, 0.717) is 5.84 Å². The lowest BCUT2D eigenvalue weighted by molar-refractivity contribution is 0.929. The van der Waals surface area contributed by atoms with E-state index in [2.05, 4.69) is 45.0 Å². The fourth-order valence-electron chi connectivity index (χ4n) is 2.07. The van der Waals surface area contributed by atoms with Gasteiger partial charge in [-0.2, -0.15) is 0 Å². The highest BCUT2D eigenvalue weighted by Gasteiger charge is 2.12. The van der Waals surface area contributed by atoms with Gasteiger partial charge in [-0.3, -0.25) is 9.98 Å². The van der Waals surface area contributed by atoms with E-state index in [9.17, 15) is 0 Å². The van der Waals surface area contributed by atoms with Gasteiger partial charge in [-0.05, 0) is 42.7 Å². The van der Waals surface area contributed by atoms with E-state index >= 15 is 0 Å². The summed E-state index contributed by atoms with van der Waals surface area (Å²) in [5.74, 6) is 0.565. The predicted molar refractivity (Wildman–Crippen MR) is 88.0 cm³/mol. The van der Waals surface area contributed by atoms with Gasteiger partial charge in [0.05, 0.1) is 0 Å². The van der Waals surface area contributed by atoms with Crippen LogP contribution in [0.3, 0.4) is 0 Å². The number of halogens is 1. The second kappa shape index (κ2) is 6.66. The van der Waals surface area contributed by atoms with E-state index in [1.165, 1.54) is 0 Å². The van der Waals surface area contributed by atoms with E-state index in [1.807, 2.05) is 31.3 Å². The Labute approximate surface area is 128 Å². The van der Waals surface area contributed by atoms with Crippen LogP contribution in [-0.4, -0.2) is 17.4 Å². The highest BCUT2D eigenvalue weighted by molar-refractivity contribution is 9.10. The maximum absolute atomic E-state index is 6.15. The van der Waals surface area contributed by atoms with Gasteiger partial charge in [0.1, 0.15) is 5.84 Å². The molecule has 0 saturated heterocycles. The molecular weight excluding hydrogens is 314 g/mol. The minimum atomic E-state index is 0.565. The van der Waals surface area contributed by atoms with Crippen LogP contribution in [0.25, 0.3) is 11.1 Å². The van der Waals surface area contributed by atoms with Gasteiger partial charge in [-0.1, -0.05) is 35.0 Å². The molecule has 2 rings (SSSR count). The monoisotopic (exact) mass is 331 g/mol. The highest BCUT2D eigenvalue weighted by atomic mass is 79.9. The first kappa shape index (κ1) is 14.7. The summed E-state index contributed by atoms with van der Waals surface area (Å²) in [6, 6.07) is 10.2. The van der Waals surface area contributed by atoms with Gasteiger partial charge in [0.2, 0.25) is 0 Å². The molecule has 0 aliphatic heterocycles. The van der Waals surface area contributed by atoms with E-state index in [0.717, 1.165) is 39.8 Å². The molecule has 20 heavy (non-hydrogen) atoms. The molecule has 2 aromatic rings. The number of aliphatic imine (C=N–C) groups is 1. The Bertz CT molecular complexity index is 618. The highest BCUT2D eigenvalue weighted by Crippen LogP contribution is 2.26. The largest absolute Gasteiger partial charge is 0.383 e. The smallest absolute Gasteiger partial charge is 0.128 e. The summed E-state index contributed by atoms with van der Waals surface area (Å²) < 4.78 is 1.06. The van der Waals surface area contributed by atoms with E-state index in [4.69, 9.17) is 5.73 Å². The molecule has 2 N–H and O–H groups in total. The first-order valence-corrected chi connectivity index (χ1v) is 7.44. The lowest BCUT2D eigenvalue weighted by atomic mass is 9.99. The summed E-state index contributed by atoms with van der Waals surface area (Å²) in [5.41, 5.74) is 10.2. The average Bonchev–Trinajstić information content (AvgIpc) is 2.45. The third-order valence-electron chi connectivity index (χ3n) is 3.06. The van der Waals surface area contributed by atoms with Gasteiger partial charge in [-0.25, -0.2) is 0 Å². The molecule has 1 aromatic carbocycles. The van der Waals surface area contributed by atoms with Crippen LogP contribution in [-0.2, 0) is 0 Å². The molecule has 0 saturated carbocycles. The number of aryl methyl sites for hydroxylation is 1. The summed E-state index contributed by atoms with van der Waals surface area (Å²) >= 11 is 3.45. The molecule has 104 valence electrons. The van der Waals surface area contributed by atoms with Crippen LogP contribution in [0.2, 0.25) is 0 Å². The Balaban J connectivity index is 2.54. The maximum atomic E-state index is 6.15. The minimum Gasteiger partial charge on any atom is -0.383 e. The second-order valence-corrected chi connectivity index (χ2v) is 5.51. The third-order valence-corrected chi connectivity index (χ3v) is 3.59. The lowest BCUT2D eigenvalue weighted by Gasteiger charge is -2.12. The fourth-order valence-corrected chi connectivity index (χ4v) is 2.34. The number of nitrogens with zero attached hydrogens (tertiary/aromatic N) is 2. The van der Waals surface area contributed by atoms with Crippen LogP contribution in [0.4, 0.5) is 0 Å². The molecule has 0 atom stereocenters. The topological polar surface area (TPSA) is 51.3 Å². The molecule has 0 aliphatic carbocycles. The Morgan fingerprint density at radius 2 is 1.95 bits per heavy atom. The predicted octanol–water partition coefficient (Wildman–Crippen LogP) is 3.93. The van der Waals surface area contributed by atoms with Crippen LogP contribution in [0.1, 0.15) is 24.6 Å². The number of benzene rings is 1. The molecule has 4 heteroatoms. The molecule has 0 unspecified atom stereocenters. The summed E-state index contributed by atoms with van der Waals surface area (Å²) in [6.45, 7) is 4.79. The number of aromatic nitrogens is 1. The van der Waals surface area contributed by atoms with Crippen molar-refractivity contribution < 1.29 is 0 Å². The molecule has 0 spiro atoms. The molecule has 0 radical (unpaired) electrons. The quantitative estimate of drug-likeness (QED) is 0.681. The summed E-state index contributed by atoms with van der Waals surface area (Å²) in [6.07, 6.45) is 2.79. The van der Waals surface area contributed by atoms with Crippen LogP contribution >= 0.6 is 15.9 Å². The molecule has 1 heterocycles. The number of rotatable bonds is 4. The minimum absolute atomic E-state index is 0.565. The maximum Gasteiger partial charge on any atom is 0.128 e. The summed E-state index contributed by atoms with van der Waals surface area (Å²) in [5, 5.41) is 0. The zero-order chi connectivity index (χ0) is 14.5. The van der Waals surface area contributed by atoms with E-state index in [1.54, 1.807) is 0 Å². The normalized spacial score (nSPS) is 11.7. The van der Waals surface area contributed by atoms with Crippen molar-refractivity contribution in [3.05, 3.63) is 52.3 Å². The van der Waals surface area contributed by atoms with E-state index in [-0.39, 0.29) is 0 Å². The van der Waals surface area contributed by atoms with Crippen molar-refractivity contribution in [3.8, 4) is 11.1 Å². The lowest BCUT2D eigenvalue weighted by Crippen LogP contribution is -2.17. The number of amidine groups is 1. The second-order valence-electron chi connectivity index (χ2n) is 4.59. The molecule has 0 amide bonds. The van der Waals surface area contributed by atoms with Crippen molar-refractivity contribution in [1.29, 1.82) is 0 Å². The molecule has 0 fully saturated rings. The van der Waals surface area contributed by atoms with Crippen LogP contribution in [0.15, 0.2) is 46.0 Å². The van der Waals surface area contributed by atoms with Crippen molar-refractivity contribution in [2.75, 3.05) is 6.54 Å². The summed E-state index contributed by atoms with van der Waals surface area (Å²) in [7, 11) is 0. The van der Waals surface area contributed by atoms with Gasteiger partial charge < -0.3 is 5.73 Å². The van der Waals surface area contributed by atoms with Crippen LogP contribution < -0.4 is 5.73 Å². The van der Waals surface area contributed by atoms with Crippen molar-refractivity contribution >= 4 is 21.8 Å². The standard InChI is InChI=1S/C16H18BrN3/c1-3-9-20-16(18)15-11(2)19-10-8-14(15)12-4-6-13(17)7-5-12/h4-8,10H,3,9H2,1-2H3,(H2,18,20). The van der Waals surface area contributed by atoms with Crippen LogP contribution in [0, 0.1) is 6.92 Å². The van der Waals surface area contributed by atoms with Gasteiger partial charge in [0, 0.05) is 28.5 Å². The van der Waals surface area contributed by atoms with Gasteiger partial charge in [0.15, 0.2) is 0 Å². The van der Waals surface area contributed by atoms with Gasteiger partial charge >= 0.3 is 0 Å². The molecule has 1 aromatic heterocycles. The first-order chi connectivity index (χ1) is 9.63. The van der Waals surface area contributed by atoms with Gasteiger partial charge in [0.25, 0.3) is 0 Å². The Hall–Kier alpha value is -1.68. The number of hydrogen-bond donors (Lipinski definition) is 1. The Morgan fingerprint density at radius 3 is 2.60 bits per heavy atom. The van der Waals surface area contributed by atoms with Crippen molar-refractivity contribution in [3.63, 3.8) is 0 Å². The van der Waals surface area contributed by atoms with Gasteiger partial charge in [-0.15, -0.1) is 0 Å². The van der Waals surface area contributed by atoms with E-state index < -0.39 is 0 Å². The van der Waals surface area contributed by atoms with Crippen molar-refractivity contribution in [1.82, 2.24) is 4.98 Å². The molecular formula is C16H18BrN3. The number of hydrogen-bond acceptors (Lipinski definition) is 2. The Kier molecular flexibility index (Phi) is 4.90. The molecule has 3 nitrogen and oxygen atoms in total. The van der Waals surface area contributed by atoms with Crippen molar-refractivity contribution in [2.45, 2.75) is 20.3 Å². The number of nitrogens with two attached hydrogens (primary N) is 1. The first-order valence-electron chi connectivity index (χ1n) is 6.65. The van der Waals surface area contributed by atoms with Crippen LogP contribution in [0.5, 0.6) is 0 Å². The summed E-state index contributed by atoms with van der Waals surface area (Å²) in [4.78, 5) is 8.76. The van der Waals surface area contributed by atoms with Crippen molar-refractivity contribution in [2.24, 2.45) is 10.7 Å². The molecule has 0 aliphatic rings. The third kappa shape index (κ3) is 3.25. The zero-order valence-electron chi connectivity index (χ0n) is 11.7. The zero-order valence-corrected chi connectivity index (χ0v) is 13.3. The SMILES string of the molecule is CCCN=C(N)c1c(-c2ccc(Br)cc2)ccnc1C. The fraction of sp³-hybridized carbons (Fsp3) is 0.250. The average molecular weight is 332 g/mol.